The number of hydrogen-bond donors (Lipinski definition) is 4. The van der Waals surface area contributed by atoms with Gasteiger partial charge in [-0.05, 0) is 97.2 Å². The van der Waals surface area contributed by atoms with E-state index in [0.29, 0.717) is 18.3 Å². The number of amides is 4. The molecule has 4 N–H and O–H groups in total. The van der Waals surface area contributed by atoms with Crippen LogP contribution in [0.15, 0.2) is 48.7 Å². The van der Waals surface area contributed by atoms with Gasteiger partial charge in [0.15, 0.2) is 0 Å². The van der Waals surface area contributed by atoms with Gasteiger partial charge in [0.05, 0.1) is 49.2 Å². The van der Waals surface area contributed by atoms with Gasteiger partial charge in [-0.3, -0.25) is 9.59 Å². The van der Waals surface area contributed by atoms with Crippen LogP contribution in [0.2, 0.25) is 0 Å². The summed E-state index contributed by atoms with van der Waals surface area (Å²) < 4.78 is 16.2. The molecule has 0 saturated carbocycles. The van der Waals surface area contributed by atoms with E-state index in [1.165, 1.54) is 14.2 Å². The molecule has 62 heavy (non-hydrogen) atoms. The molecule has 0 aliphatic carbocycles. The lowest BCUT2D eigenvalue weighted by Gasteiger charge is -2.49. The van der Waals surface area contributed by atoms with Gasteiger partial charge in [-0.25, -0.2) is 19.6 Å². The fourth-order valence-electron chi connectivity index (χ4n) is 10.3. The van der Waals surface area contributed by atoms with Crippen LogP contribution >= 0.6 is 0 Å². The molecule has 15 heteroatoms. The number of methoxy groups -OCH3 is 2. The highest BCUT2D eigenvalue weighted by molar-refractivity contribution is 6.07. The third kappa shape index (κ3) is 7.38. The van der Waals surface area contributed by atoms with E-state index in [-0.39, 0.29) is 53.7 Å². The zero-order valence-electron chi connectivity index (χ0n) is 37.0. The molecule has 4 amide bonds. The number of aromatic nitrogens is 4. The second-order valence-electron chi connectivity index (χ2n) is 17.5. The number of alkyl carbamates (subject to hydrolysis) is 2. The monoisotopic (exact) mass is 846 g/mol. The average Bonchev–Trinajstić information content (AvgIpc) is 4.04. The van der Waals surface area contributed by atoms with Gasteiger partial charge in [0, 0.05) is 23.0 Å². The molecule has 0 radical (unpaired) electrons. The maximum absolute atomic E-state index is 14.2. The summed E-state index contributed by atoms with van der Waals surface area (Å²) in [5.74, 6) is 1.87. The summed E-state index contributed by atoms with van der Waals surface area (Å²) in [7, 11) is 2.60. The number of likely N-dealkylation sites (tertiary alicyclic amines) is 2. The van der Waals surface area contributed by atoms with E-state index in [2.05, 4.69) is 77.8 Å². The van der Waals surface area contributed by atoms with Crippen LogP contribution < -0.4 is 15.4 Å². The highest BCUT2D eigenvalue weighted by atomic mass is 16.5. The Morgan fingerprint density at radius 2 is 1.73 bits per heavy atom. The number of aromatic amines is 2. The minimum atomic E-state index is -0.719. The minimum Gasteiger partial charge on any atom is -0.488 e. The van der Waals surface area contributed by atoms with E-state index in [9.17, 15) is 19.2 Å². The van der Waals surface area contributed by atoms with E-state index < -0.39 is 24.3 Å². The lowest BCUT2D eigenvalue weighted by atomic mass is 9.74. The first-order valence-corrected chi connectivity index (χ1v) is 21.9. The van der Waals surface area contributed by atoms with Crippen LogP contribution in [0.25, 0.3) is 44.2 Å². The van der Waals surface area contributed by atoms with Crippen molar-refractivity contribution in [2.24, 2.45) is 17.8 Å². The van der Waals surface area contributed by atoms with Crippen molar-refractivity contribution in [3.8, 4) is 28.1 Å². The SMILES string of the molecule is CC[C@H]1[C@@H](C)[C@@H](CC)N([C@@H](C)c2nc3ccc4cc5c(cc4c3[nH]2)OCc2cc(-c3cnc([C@@H]4CC[C@H](C)N4C(=O)[C@@H](NC(=O)OC)C(C)C)[nH]3)ccc2-5)C(=O)[C@H]1NC(=O)OC. The van der Waals surface area contributed by atoms with Crippen molar-refractivity contribution in [1.29, 1.82) is 0 Å². The lowest BCUT2D eigenvalue weighted by Crippen LogP contribution is -2.63. The molecule has 5 heterocycles. The second-order valence-corrected chi connectivity index (χ2v) is 17.5. The number of piperidine rings is 1. The van der Waals surface area contributed by atoms with Crippen molar-refractivity contribution in [1.82, 2.24) is 40.4 Å². The smallest absolute Gasteiger partial charge is 0.407 e. The number of H-pyrrole nitrogens is 2. The first-order chi connectivity index (χ1) is 29.8. The van der Waals surface area contributed by atoms with E-state index in [1.54, 1.807) is 0 Å². The maximum atomic E-state index is 14.2. The molecular weight excluding hydrogens is 789 g/mol. The molecule has 0 unspecified atom stereocenters. The van der Waals surface area contributed by atoms with Crippen molar-refractivity contribution >= 4 is 45.8 Å². The zero-order chi connectivity index (χ0) is 44.1. The minimum absolute atomic E-state index is 0.0171. The summed E-state index contributed by atoms with van der Waals surface area (Å²) in [6.07, 6.45) is 3.67. The van der Waals surface area contributed by atoms with Gasteiger partial charge >= 0.3 is 12.2 Å². The van der Waals surface area contributed by atoms with Crippen LogP contribution in [0.5, 0.6) is 5.75 Å². The highest BCUT2D eigenvalue weighted by Crippen LogP contribution is 2.44. The first-order valence-electron chi connectivity index (χ1n) is 21.9. The number of nitrogens with zero attached hydrogens (tertiary/aromatic N) is 4. The summed E-state index contributed by atoms with van der Waals surface area (Å²) in [6, 6.07) is 12.5. The molecule has 0 spiro atoms. The highest BCUT2D eigenvalue weighted by Gasteiger charge is 2.48. The van der Waals surface area contributed by atoms with Crippen LogP contribution in [0, 0.1) is 17.8 Å². The van der Waals surface area contributed by atoms with Crippen molar-refractivity contribution in [3.05, 3.63) is 65.9 Å². The standard InChI is InChI=1S/C47H58N8O7/c1-10-30-25(6)36(11-2)55(45(57)41(30)53-47(59)61-9)26(7)42-49-34-16-14-27-19-33-31-15-13-28(18-29(31)22-62-38(33)20-32(27)40(34)51-42)35-21-48-43(50-35)37-17-12-24(5)54(37)44(56)39(23(3)4)52-46(58)60-8/h13-16,18-21,23-26,30,36-37,39,41H,10-12,17,22H2,1-9H3,(H,48,50)(H,49,51)(H,52,58)(H,53,59)/t24-,25+,26-,30-,36+,37-,39-,41-/m0/s1. The maximum Gasteiger partial charge on any atom is 0.407 e. The molecular formula is C47H58N8O7. The molecule has 2 fully saturated rings. The molecule has 3 aliphatic heterocycles. The van der Waals surface area contributed by atoms with Gasteiger partial charge < -0.3 is 44.6 Å². The van der Waals surface area contributed by atoms with Gasteiger partial charge in [-0.1, -0.05) is 59.2 Å². The van der Waals surface area contributed by atoms with Gasteiger partial charge in [-0.15, -0.1) is 0 Å². The molecule has 0 bridgehead atoms. The van der Waals surface area contributed by atoms with Crippen LogP contribution in [0.4, 0.5) is 9.59 Å². The first kappa shape index (κ1) is 42.6. The largest absolute Gasteiger partial charge is 0.488 e. The fourth-order valence-corrected chi connectivity index (χ4v) is 10.3. The predicted octanol–water partition coefficient (Wildman–Crippen LogP) is 8.17. The molecule has 2 saturated heterocycles. The van der Waals surface area contributed by atoms with Gasteiger partial charge in [-0.2, -0.15) is 0 Å². The Morgan fingerprint density at radius 3 is 2.44 bits per heavy atom. The quantitative estimate of drug-likeness (QED) is 0.108. The fraction of sp³-hybridized carbons (Fsp3) is 0.489. The van der Waals surface area contributed by atoms with Crippen LogP contribution in [0.3, 0.4) is 0 Å². The molecule has 2 aromatic heterocycles. The van der Waals surface area contributed by atoms with Gasteiger partial charge in [0.25, 0.3) is 0 Å². The Morgan fingerprint density at radius 1 is 0.952 bits per heavy atom. The molecule has 8 atom stereocenters. The van der Waals surface area contributed by atoms with Gasteiger partial charge in [0.2, 0.25) is 11.8 Å². The number of rotatable bonds is 10. The third-order valence-corrected chi connectivity index (χ3v) is 13.7. The number of carbonyl (C=O) groups is 4. The normalized spacial score (nSPS) is 23.2. The molecule has 3 aliphatic rings. The van der Waals surface area contributed by atoms with Crippen molar-refractivity contribution in [2.45, 2.75) is 117 Å². The third-order valence-electron chi connectivity index (χ3n) is 13.7. The topological polar surface area (TPSA) is 184 Å². The summed E-state index contributed by atoms with van der Waals surface area (Å²) in [6.45, 7) is 14.5. The Kier molecular flexibility index (Phi) is 11.7. The van der Waals surface area contributed by atoms with E-state index in [0.717, 1.165) is 81.2 Å². The summed E-state index contributed by atoms with van der Waals surface area (Å²) in [5, 5.41) is 7.55. The molecule has 5 aromatic rings. The average molecular weight is 847 g/mol. The number of carbonyl (C=O) groups excluding carboxylic acids is 4. The molecule has 8 rings (SSSR count). The number of ether oxygens (including phenoxy) is 3. The summed E-state index contributed by atoms with van der Waals surface area (Å²) in [4.78, 5) is 73.2. The molecule has 328 valence electrons. The zero-order valence-corrected chi connectivity index (χ0v) is 37.0. The van der Waals surface area contributed by atoms with Gasteiger partial charge in [0.1, 0.15) is 36.1 Å². The van der Waals surface area contributed by atoms with Crippen molar-refractivity contribution in [2.75, 3.05) is 14.2 Å². The lowest BCUT2D eigenvalue weighted by molar-refractivity contribution is -0.149. The summed E-state index contributed by atoms with van der Waals surface area (Å²) in [5.41, 5.74) is 6.56. The number of imidazole rings is 2. The van der Waals surface area contributed by atoms with E-state index in [4.69, 9.17) is 24.2 Å². The molecule has 3 aromatic carbocycles. The van der Waals surface area contributed by atoms with Crippen LogP contribution in [0.1, 0.15) is 103 Å². The second kappa shape index (κ2) is 17.0. The summed E-state index contributed by atoms with van der Waals surface area (Å²) >= 11 is 0. The number of benzene rings is 3. The number of hydrogen-bond acceptors (Lipinski definition) is 9. The Hall–Kier alpha value is -6.12. The number of nitrogens with one attached hydrogen (secondary N) is 4. The Bertz CT molecular complexity index is 2530. The predicted molar refractivity (Wildman–Crippen MR) is 235 cm³/mol. The van der Waals surface area contributed by atoms with E-state index in [1.807, 2.05) is 49.8 Å². The van der Waals surface area contributed by atoms with Crippen molar-refractivity contribution < 1.29 is 33.4 Å². The Labute approximate surface area is 361 Å². The van der Waals surface area contributed by atoms with Crippen LogP contribution in [-0.4, -0.2) is 92.1 Å². The van der Waals surface area contributed by atoms with Crippen molar-refractivity contribution in [3.63, 3.8) is 0 Å². The number of fused-ring (bicyclic) bond motifs is 6. The van der Waals surface area contributed by atoms with E-state index >= 15 is 0 Å². The Balaban J connectivity index is 1.05. The molecule has 15 nitrogen and oxygen atoms in total. The van der Waals surface area contributed by atoms with Crippen LogP contribution in [-0.2, 0) is 25.7 Å².